The van der Waals surface area contributed by atoms with Crippen molar-refractivity contribution in [1.82, 2.24) is 0 Å². The highest BCUT2D eigenvalue weighted by Gasteiger charge is 2.27. The fourth-order valence-corrected chi connectivity index (χ4v) is 1.95. The Labute approximate surface area is 109 Å². The highest BCUT2D eigenvalue weighted by atomic mass is 16.6. The lowest BCUT2D eigenvalue weighted by Crippen LogP contribution is -2.36. The Hall–Kier alpha value is -0.900. The molecule has 1 atom stereocenters. The van der Waals surface area contributed by atoms with Gasteiger partial charge in [0.15, 0.2) is 5.79 Å². The predicted octanol–water partition coefficient (Wildman–Crippen LogP) is 2.51. The van der Waals surface area contributed by atoms with E-state index in [-0.39, 0.29) is 12.7 Å². The van der Waals surface area contributed by atoms with Crippen LogP contribution in [0.4, 0.5) is 0 Å². The standard InChI is InChI=1S/C15H24O3/c1-3-15(17,4-2)18-14(10-11-16)12-13-8-6-5-7-9-13/h5-9,14,16-17H,3-4,10-12H2,1-2H3. The van der Waals surface area contributed by atoms with Gasteiger partial charge in [-0.2, -0.15) is 0 Å². The van der Waals surface area contributed by atoms with E-state index in [0.29, 0.717) is 25.7 Å². The zero-order valence-corrected chi connectivity index (χ0v) is 11.3. The topological polar surface area (TPSA) is 49.7 Å². The molecule has 3 heteroatoms. The molecule has 0 aliphatic rings. The third-order valence-corrected chi connectivity index (χ3v) is 3.25. The minimum atomic E-state index is -1.07. The molecule has 0 saturated carbocycles. The molecule has 1 aromatic carbocycles. The zero-order valence-electron chi connectivity index (χ0n) is 11.3. The molecule has 18 heavy (non-hydrogen) atoms. The van der Waals surface area contributed by atoms with Crippen LogP contribution in [0, 0.1) is 0 Å². The van der Waals surface area contributed by atoms with Crippen LogP contribution < -0.4 is 0 Å². The first-order valence-electron chi connectivity index (χ1n) is 6.68. The number of aliphatic hydroxyl groups is 2. The number of rotatable bonds is 8. The van der Waals surface area contributed by atoms with Crippen molar-refractivity contribution < 1.29 is 14.9 Å². The first kappa shape index (κ1) is 15.2. The van der Waals surface area contributed by atoms with Crippen LogP contribution >= 0.6 is 0 Å². The fourth-order valence-electron chi connectivity index (χ4n) is 1.95. The molecule has 0 spiro atoms. The van der Waals surface area contributed by atoms with Crippen LogP contribution in [0.1, 0.15) is 38.7 Å². The van der Waals surface area contributed by atoms with Gasteiger partial charge in [-0.15, -0.1) is 0 Å². The van der Waals surface area contributed by atoms with Gasteiger partial charge in [-0.3, -0.25) is 0 Å². The SMILES string of the molecule is CCC(O)(CC)OC(CCO)Cc1ccccc1. The molecule has 2 N–H and O–H groups in total. The summed E-state index contributed by atoms with van der Waals surface area (Å²) in [7, 11) is 0. The first-order chi connectivity index (χ1) is 8.63. The van der Waals surface area contributed by atoms with E-state index in [0.717, 1.165) is 5.56 Å². The minimum absolute atomic E-state index is 0.0704. The van der Waals surface area contributed by atoms with E-state index in [4.69, 9.17) is 9.84 Å². The Kier molecular flexibility index (Phi) is 6.33. The van der Waals surface area contributed by atoms with Crippen molar-refractivity contribution in [2.75, 3.05) is 6.61 Å². The molecule has 1 unspecified atom stereocenters. The van der Waals surface area contributed by atoms with Crippen molar-refractivity contribution in [3.05, 3.63) is 35.9 Å². The predicted molar refractivity (Wildman–Crippen MR) is 72.3 cm³/mol. The molecular formula is C15H24O3. The van der Waals surface area contributed by atoms with Gasteiger partial charge in [0, 0.05) is 6.61 Å². The highest BCUT2D eigenvalue weighted by molar-refractivity contribution is 5.15. The van der Waals surface area contributed by atoms with E-state index in [9.17, 15) is 5.11 Å². The number of hydrogen-bond donors (Lipinski definition) is 2. The summed E-state index contributed by atoms with van der Waals surface area (Å²) < 4.78 is 5.78. The summed E-state index contributed by atoms with van der Waals surface area (Å²) in [5, 5.41) is 19.3. The van der Waals surface area contributed by atoms with Crippen LogP contribution in [-0.2, 0) is 11.2 Å². The van der Waals surface area contributed by atoms with Crippen molar-refractivity contribution in [2.24, 2.45) is 0 Å². The third kappa shape index (κ3) is 4.77. The van der Waals surface area contributed by atoms with E-state index in [1.54, 1.807) is 0 Å². The van der Waals surface area contributed by atoms with Crippen LogP contribution in [0.3, 0.4) is 0 Å². The van der Waals surface area contributed by atoms with Crippen molar-refractivity contribution in [3.63, 3.8) is 0 Å². The van der Waals surface area contributed by atoms with Gasteiger partial charge in [0.25, 0.3) is 0 Å². The third-order valence-electron chi connectivity index (χ3n) is 3.25. The van der Waals surface area contributed by atoms with Crippen molar-refractivity contribution in [2.45, 2.75) is 51.4 Å². The average Bonchev–Trinajstić information content (AvgIpc) is 2.40. The van der Waals surface area contributed by atoms with Gasteiger partial charge < -0.3 is 14.9 Å². The lowest BCUT2D eigenvalue weighted by atomic mass is 10.0. The van der Waals surface area contributed by atoms with Crippen LogP contribution in [0.2, 0.25) is 0 Å². The number of hydrogen-bond acceptors (Lipinski definition) is 3. The second-order valence-corrected chi connectivity index (χ2v) is 4.60. The largest absolute Gasteiger partial charge is 0.396 e. The van der Waals surface area contributed by atoms with E-state index in [1.165, 1.54) is 0 Å². The van der Waals surface area contributed by atoms with Crippen molar-refractivity contribution in [1.29, 1.82) is 0 Å². The summed E-state index contributed by atoms with van der Waals surface area (Å²) in [6, 6.07) is 10.0. The normalized spacial score (nSPS) is 13.6. The van der Waals surface area contributed by atoms with Crippen LogP contribution in [0.15, 0.2) is 30.3 Å². The Balaban J connectivity index is 2.65. The van der Waals surface area contributed by atoms with Gasteiger partial charge >= 0.3 is 0 Å². The summed E-state index contributed by atoms with van der Waals surface area (Å²) >= 11 is 0. The molecule has 0 aromatic heterocycles. The first-order valence-corrected chi connectivity index (χ1v) is 6.68. The molecule has 0 amide bonds. The summed E-state index contributed by atoms with van der Waals surface area (Å²) in [5.41, 5.74) is 1.16. The van der Waals surface area contributed by atoms with Crippen LogP contribution in [-0.4, -0.2) is 28.7 Å². The van der Waals surface area contributed by atoms with Gasteiger partial charge in [-0.05, 0) is 31.2 Å². The number of ether oxygens (including phenoxy) is 1. The molecule has 0 bridgehead atoms. The lowest BCUT2D eigenvalue weighted by molar-refractivity contribution is -0.234. The van der Waals surface area contributed by atoms with Crippen molar-refractivity contribution in [3.8, 4) is 0 Å². The fraction of sp³-hybridized carbons (Fsp3) is 0.600. The van der Waals surface area contributed by atoms with E-state index in [2.05, 4.69) is 0 Å². The molecule has 0 radical (unpaired) electrons. The second-order valence-electron chi connectivity index (χ2n) is 4.60. The lowest BCUT2D eigenvalue weighted by Gasteiger charge is -2.31. The van der Waals surface area contributed by atoms with E-state index >= 15 is 0 Å². The minimum Gasteiger partial charge on any atom is -0.396 e. The summed E-state index contributed by atoms with van der Waals surface area (Å²) in [6.45, 7) is 3.88. The number of aliphatic hydroxyl groups excluding tert-OH is 1. The van der Waals surface area contributed by atoms with Gasteiger partial charge in [0.05, 0.1) is 6.10 Å². The monoisotopic (exact) mass is 252 g/mol. The quantitative estimate of drug-likeness (QED) is 0.699. The maximum Gasteiger partial charge on any atom is 0.165 e. The molecule has 1 aromatic rings. The Morgan fingerprint density at radius 3 is 2.28 bits per heavy atom. The molecule has 0 aliphatic heterocycles. The Bertz CT molecular complexity index is 320. The average molecular weight is 252 g/mol. The molecule has 0 fully saturated rings. The van der Waals surface area contributed by atoms with Crippen LogP contribution in [0.25, 0.3) is 0 Å². The molecular weight excluding hydrogens is 228 g/mol. The molecule has 0 aliphatic carbocycles. The molecule has 0 saturated heterocycles. The molecule has 3 nitrogen and oxygen atoms in total. The summed E-state index contributed by atoms with van der Waals surface area (Å²) in [4.78, 5) is 0. The summed E-state index contributed by atoms with van der Waals surface area (Å²) in [6.07, 6.45) is 2.21. The second kappa shape index (κ2) is 7.52. The molecule has 102 valence electrons. The van der Waals surface area contributed by atoms with Gasteiger partial charge in [-0.1, -0.05) is 44.2 Å². The van der Waals surface area contributed by atoms with Crippen LogP contribution in [0.5, 0.6) is 0 Å². The van der Waals surface area contributed by atoms with Gasteiger partial charge in [0.1, 0.15) is 0 Å². The van der Waals surface area contributed by atoms with Gasteiger partial charge in [0.2, 0.25) is 0 Å². The Morgan fingerprint density at radius 1 is 1.17 bits per heavy atom. The molecule has 1 rings (SSSR count). The molecule has 0 heterocycles. The number of benzene rings is 1. The Morgan fingerprint density at radius 2 is 1.78 bits per heavy atom. The summed E-state index contributed by atoms with van der Waals surface area (Å²) in [5.74, 6) is -1.07. The van der Waals surface area contributed by atoms with Crippen molar-refractivity contribution >= 4 is 0 Å². The van der Waals surface area contributed by atoms with Gasteiger partial charge in [-0.25, -0.2) is 0 Å². The maximum absolute atomic E-state index is 10.2. The smallest absolute Gasteiger partial charge is 0.165 e. The van der Waals surface area contributed by atoms with E-state index in [1.807, 2.05) is 44.2 Å². The maximum atomic E-state index is 10.2. The highest BCUT2D eigenvalue weighted by Crippen LogP contribution is 2.22. The van der Waals surface area contributed by atoms with E-state index < -0.39 is 5.79 Å². The zero-order chi connectivity index (χ0) is 13.4.